The minimum absolute atomic E-state index is 0.0173. The molecule has 2 aromatic carbocycles. The van der Waals surface area contributed by atoms with Gasteiger partial charge < -0.3 is 24.6 Å². The van der Waals surface area contributed by atoms with Gasteiger partial charge >= 0.3 is 12.0 Å². The van der Waals surface area contributed by atoms with Gasteiger partial charge in [0.1, 0.15) is 11.5 Å². The maximum absolute atomic E-state index is 13.3. The van der Waals surface area contributed by atoms with Crippen LogP contribution >= 0.6 is 23.2 Å². The van der Waals surface area contributed by atoms with E-state index in [1.165, 1.54) is 6.07 Å². The fourth-order valence-electron chi connectivity index (χ4n) is 6.30. The number of carboxylic acid groups (broad SMARTS) is 1. The van der Waals surface area contributed by atoms with Gasteiger partial charge in [-0.05, 0) is 74.1 Å². The van der Waals surface area contributed by atoms with E-state index in [9.17, 15) is 14.7 Å². The van der Waals surface area contributed by atoms with Crippen LogP contribution in [-0.4, -0.2) is 50.3 Å². The molecule has 220 valence electrons. The molecular weight excluding hydrogens is 591 g/mol. The molecule has 43 heavy (non-hydrogen) atoms. The summed E-state index contributed by atoms with van der Waals surface area (Å²) in [5.41, 5.74) is 3.99. The summed E-state index contributed by atoms with van der Waals surface area (Å²) in [6.45, 7) is 0.329. The summed E-state index contributed by atoms with van der Waals surface area (Å²) in [5.74, 6) is 0.133. The SMILES string of the molecule is O=C(O)c1ccc(NC(=O)N2C3CC(OCc4c(-c5c(Cl)cccc5Cl)noc4C4CC4)CC2C3)cc1-c1cccnc1. The zero-order valence-electron chi connectivity index (χ0n) is 23.0. The largest absolute Gasteiger partial charge is 0.478 e. The number of hydrogen-bond donors (Lipinski definition) is 2. The van der Waals surface area contributed by atoms with Crippen LogP contribution in [0.1, 0.15) is 59.7 Å². The molecular formula is C32H28Cl2N4O5. The highest BCUT2D eigenvalue weighted by Gasteiger charge is 2.48. The Morgan fingerprint density at radius 3 is 2.49 bits per heavy atom. The number of piperidine rings is 1. The monoisotopic (exact) mass is 618 g/mol. The fourth-order valence-corrected chi connectivity index (χ4v) is 6.88. The number of aromatic nitrogens is 2. The molecule has 9 nitrogen and oxygen atoms in total. The molecule has 8 rings (SSSR count). The van der Waals surface area contributed by atoms with Gasteiger partial charge in [-0.3, -0.25) is 4.98 Å². The number of aromatic carboxylic acids is 1. The molecule has 2 N–H and O–H groups in total. The van der Waals surface area contributed by atoms with Crippen molar-refractivity contribution in [3.63, 3.8) is 0 Å². The van der Waals surface area contributed by atoms with Crippen molar-refractivity contribution in [2.75, 3.05) is 5.32 Å². The van der Waals surface area contributed by atoms with Gasteiger partial charge in [0.2, 0.25) is 0 Å². The number of carbonyl (C=O) groups excluding carboxylic acids is 1. The minimum Gasteiger partial charge on any atom is -0.478 e. The van der Waals surface area contributed by atoms with E-state index in [0.29, 0.717) is 50.6 Å². The van der Waals surface area contributed by atoms with Crippen LogP contribution in [0.3, 0.4) is 0 Å². The molecule has 2 atom stereocenters. The number of nitrogens with zero attached hydrogens (tertiary/aromatic N) is 3. The van der Waals surface area contributed by atoms with Crippen molar-refractivity contribution < 1.29 is 24.0 Å². The van der Waals surface area contributed by atoms with E-state index < -0.39 is 5.97 Å². The predicted molar refractivity (Wildman–Crippen MR) is 161 cm³/mol. The summed E-state index contributed by atoms with van der Waals surface area (Å²) in [6, 6.07) is 13.6. The molecule has 2 aromatic heterocycles. The first-order valence-corrected chi connectivity index (χ1v) is 15.0. The average Bonchev–Trinajstić information content (AvgIpc) is 3.76. The number of fused-ring (bicyclic) bond motifs is 2. The molecule has 2 unspecified atom stereocenters. The molecule has 0 spiro atoms. The summed E-state index contributed by atoms with van der Waals surface area (Å²) in [5, 5.41) is 18.0. The third kappa shape index (κ3) is 5.37. The zero-order valence-corrected chi connectivity index (χ0v) is 24.5. The summed E-state index contributed by atoms with van der Waals surface area (Å²) in [4.78, 5) is 31.1. The van der Waals surface area contributed by atoms with E-state index in [2.05, 4.69) is 15.5 Å². The Bertz CT molecular complexity index is 1680. The number of hydrogen-bond acceptors (Lipinski definition) is 6. The third-order valence-corrected chi connectivity index (χ3v) is 9.17. The van der Waals surface area contributed by atoms with Gasteiger partial charge in [0, 0.05) is 52.8 Å². The van der Waals surface area contributed by atoms with E-state index >= 15 is 0 Å². The van der Waals surface area contributed by atoms with E-state index in [1.807, 2.05) is 4.90 Å². The van der Waals surface area contributed by atoms with Gasteiger partial charge in [0.15, 0.2) is 0 Å². The molecule has 4 aliphatic rings. The highest BCUT2D eigenvalue weighted by molar-refractivity contribution is 6.39. The third-order valence-electron chi connectivity index (χ3n) is 8.54. The topological polar surface area (TPSA) is 118 Å². The quantitative estimate of drug-likeness (QED) is 0.208. The zero-order chi connectivity index (χ0) is 29.7. The second-order valence-electron chi connectivity index (χ2n) is 11.3. The minimum atomic E-state index is -1.04. The molecule has 2 amide bonds. The lowest BCUT2D eigenvalue weighted by atomic mass is 9.78. The van der Waals surface area contributed by atoms with Crippen LogP contribution in [0.5, 0.6) is 0 Å². The van der Waals surface area contributed by atoms with Crippen molar-refractivity contribution in [2.45, 2.75) is 62.8 Å². The number of carboxylic acids is 1. The number of benzene rings is 2. The molecule has 4 aromatic rings. The van der Waals surface area contributed by atoms with Crippen LogP contribution < -0.4 is 5.32 Å². The smallest absolute Gasteiger partial charge is 0.336 e. The number of halogens is 2. The first kappa shape index (κ1) is 27.9. The van der Waals surface area contributed by atoms with Crippen LogP contribution in [0.25, 0.3) is 22.4 Å². The number of ether oxygens (including phenoxy) is 1. The van der Waals surface area contributed by atoms with Crippen molar-refractivity contribution in [2.24, 2.45) is 0 Å². The Balaban J connectivity index is 1.02. The van der Waals surface area contributed by atoms with Crippen molar-refractivity contribution in [3.05, 3.63) is 87.9 Å². The Hall–Kier alpha value is -3.92. The second-order valence-corrected chi connectivity index (χ2v) is 12.2. The average molecular weight is 620 g/mol. The lowest BCUT2D eigenvalue weighted by molar-refractivity contribution is -0.0837. The van der Waals surface area contributed by atoms with Gasteiger partial charge in [-0.15, -0.1) is 0 Å². The lowest BCUT2D eigenvalue weighted by Crippen LogP contribution is -2.65. The number of urea groups is 1. The number of amides is 2. The molecule has 4 heterocycles. The first-order chi connectivity index (χ1) is 20.9. The summed E-state index contributed by atoms with van der Waals surface area (Å²) < 4.78 is 12.2. The number of nitrogens with one attached hydrogen (secondary N) is 1. The molecule has 2 saturated carbocycles. The number of anilines is 1. The van der Waals surface area contributed by atoms with Crippen LogP contribution in [-0.2, 0) is 11.3 Å². The summed E-state index contributed by atoms with van der Waals surface area (Å²) >= 11 is 13.0. The fraction of sp³-hybridized carbons (Fsp3) is 0.312. The van der Waals surface area contributed by atoms with Gasteiger partial charge in [0.25, 0.3) is 0 Å². The van der Waals surface area contributed by atoms with Crippen molar-refractivity contribution in [1.82, 2.24) is 15.0 Å². The van der Waals surface area contributed by atoms with Gasteiger partial charge in [0.05, 0.1) is 28.3 Å². The van der Waals surface area contributed by atoms with Crippen LogP contribution in [0.4, 0.5) is 10.5 Å². The van der Waals surface area contributed by atoms with Crippen molar-refractivity contribution >= 4 is 40.9 Å². The van der Waals surface area contributed by atoms with Gasteiger partial charge in [-0.25, -0.2) is 9.59 Å². The number of carbonyl (C=O) groups is 2. The van der Waals surface area contributed by atoms with E-state index in [-0.39, 0.29) is 29.8 Å². The highest BCUT2D eigenvalue weighted by Crippen LogP contribution is 2.47. The first-order valence-electron chi connectivity index (χ1n) is 14.3. The van der Waals surface area contributed by atoms with Crippen LogP contribution in [0, 0.1) is 0 Å². The van der Waals surface area contributed by atoms with Crippen LogP contribution in [0.2, 0.25) is 10.0 Å². The Morgan fingerprint density at radius 2 is 1.81 bits per heavy atom. The van der Waals surface area contributed by atoms with Crippen LogP contribution in [0.15, 0.2) is 65.4 Å². The van der Waals surface area contributed by atoms with Crippen molar-refractivity contribution in [1.29, 1.82) is 0 Å². The number of rotatable bonds is 8. The molecule has 2 saturated heterocycles. The summed E-state index contributed by atoms with van der Waals surface area (Å²) in [6.07, 6.45) is 7.68. The van der Waals surface area contributed by atoms with Gasteiger partial charge in [-0.2, -0.15) is 0 Å². The molecule has 11 heteroatoms. The lowest BCUT2D eigenvalue weighted by Gasteiger charge is -2.54. The maximum Gasteiger partial charge on any atom is 0.336 e. The highest BCUT2D eigenvalue weighted by atomic mass is 35.5. The normalized spacial score (nSPS) is 20.9. The Morgan fingerprint density at radius 1 is 1.05 bits per heavy atom. The Labute approximate surface area is 257 Å². The molecule has 0 radical (unpaired) electrons. The molecule has 2 aliphatic heterocycles. The molecule has 2 aliphatic carbocycles. The maximum atomic E-state index is 13.3. The van der Waals surface area contributed by atoms with E-state index in [1.54, 1.807) is 54.9 Å². The molecule has 4 fully saturated rings. The number of pyridine rings is 1. The van der Waals surface area contributed by atoms with E-state index in [4.69, 9.17) is 32.5 Å². The molecule has 2 bridgehead atoms. The van der Waals surface area contributed by atoms with Crippen molar-refractivity contribution in [3.8, 4) is 22.4 Å². The van der Waals surface area contributed by atoms with E-state index in [0.717, 1.165) is 43.4 Å². The standard InChI is InChI=1S/C32H28Cl2N4O5/c33-26-4-1-5-27(34)28(26)29-25(30(43-37-29)17-6-7-17)16-42-22-13-20-12-21(14-22)38(20)32(41)36-19-8-9-23(31(39)40)24(11-19)18-3-2-10-35-15-18/h1-5,8-11,15,17,20-22H,6-7,12-14,16H2,(H,36,41)(H,39,40). The summed E-state index contributed by atoms with van der Waals surface area (Å²) in [7, 11) is 0. The second kappa shape index (κ2) is 11.3. The Kier molecular flexibility index (Phi) is 7.33. The predicted octanol–water partition coefficient (Wildman–Crippen LogP) is 7.64. The van der Waals surface area contributed by atoms with Gasteiger partial charge in [-0.1, -0.05) is 40.5 Å².